The van der Waals surface area contributed by atoms with Crippen molar-refractivity contribution >= 4 is 24.1 Å². The van der Waals surface area contributed by atoms with Crippen LogP contribution in [0.2, 0.25) is 0 Å². The van der Waals surface area contributed by atoms with Gasteiger partial charge in [-0.25, -0.2) is 0 Å². The van der Waals surface area contributed by atoms with Crippen molar-refractivity contribution in [1.82, 2.24) is 10.2 Å². The first-order valence-corrected chi connectivity index (χ1v) is 7.57. The molecule has 1 saturated heterocycles. The van der Waals surface area contributed by atoms with Gasteiger partial charge in [-0.2, -0.15) is 0 Å². The van der Waals surface area contributed by atoms with Crippen molar-refractivity contribution < 1.29 is 19.2 Å². The summed E-state index contributed by atoms with van der Waals surface area (Å²) < 4.78 is 0. The highest BCUT2D eigenvalue weighted by Crippen LogP contribution is 2.21. The summed E-state index contributed by atoms with van der Waals surface area (Å²) in [6.45, 7) is 5.80. The molecule has 6 nitrogen and oxygen atoms in total. The normalized spacial score (nSPS) is 17.8. The lowest BCUT2D eigenvalue weighted by molar-refractivity contribution is -0.139. The third kappa shape index (κ3) is 3.47. The van der Waals surface area contributed by atoms with Gasteiger partial charge in [0.25, 0.3) is 5.91 Å². The van der Waals surface area contributed by atoms with Gasteiger partial charge in [-0.05, 0) is 36.5 Å². The first-order chi connectivity index (χ1) is 10.8. The van der Waals surface area contributed by atoms with Crippen molar-refractivity contribution in [2.45, 2.75) is 45.6 Å². The van der Waals surface area contributed by atoms with Crippen LogP contribution in [0.5, 0.6) is 0 Å². The van der Waals surface area contributed by atoms with Crippen LogP contribution in [0.4, 0.5) is 0 Å². The quantitative estimate of drug-likeness (QED) is 0.674. The average molecular weight is 316 g/mol. The Labute approximate surface area is 134 Å². The Morgan fingerprint density at radius 1 is 1.35 bits per heavy atom. The fraction of sp³-hybridized carbons (Fsp3) is 0.412. The van der Waals surface area contributed by atoms with Crippen LogP contribution in [-0.2, 0) is 14.4 Å². The lowest BCUT2D eigenvalue weighted by Crippen LogP contribution is -2.53. The predicted molar refractivity (Wildman–Crippen MR) is 83.7 cm³/mol. The highest BCUT2D eigenvalue weighted by atomic mass is 16.2. The number of nitrogens with zero attached hydrogens (tertiary/aromatic N) is 1. The standard InChI is InChI=1S/C17H20N2O4/c1-10(2)12-5-4-11(3)13(8-12)17(23)19(9-20)14-6-7-15(21)18-16(14)22/h4-5,8-10,14H,6-7H2,1-3H3,(H,18,21,22). The number of hydrogen-bond donors (Lipinski definition) is 1. The Morgan fingerprint density at radius 2 is 2.04 bits per heavy atom. The third-order valence-corrected chi connectivity index (χ3v) is 4.05. The van der Waals surface area contributed by atoms with E-state index in [0.29, 0.717) is 12.0 Å². The summed E-state index contributed by atoms with van der Waals surface area (Å²) >= 11 is 0. The number of hydrogen-bond acceptors (Lipinski definition) is 4. The van der Waals surface area contributed by atoms with E-state index in [2.05, 4.69) is 5.32 Å². The summed E-state index contributed by atoms with van der Waals surface area (Å²) in [6, 6.07) is 4.58. The Balaban J connectivity index is 2.33. The Morgan fingerprint density at radius 3 is 2.61 bits per heavy atom. The van der Waals surface area contributed by atoms with E-state index in [9.17, 15) is 19.2 Å². The maximum absolute atomic E-state index is 12.7. The zero-order valence-corrected chi connectivity index (χ0v) is 13.5. The number of piperidine rings is 1. The second-order valence-electron chi connectivity index (χ2n) is 6.01. The van der Waals surface area contributed by atoms with Crippen LogP contribution < -0.4 is 5.32 Å². The lowest BCUT2D eigenvalue weighted by Gasteiger charge is -2.28. The smallest absolute Gasteiger partial charge is 0.261 e. The first-order valence-electron chi connectivity index (χ1n) is 7.57. The van der Waals surface area contributed by atoms with E-state index in [1.54, 1.807) is 13.0 Å². The zero-order chi connectivity index (χ0) is 17.1. The molecule has 1 unspecified atom stereocenters. The van der Waals surface area contributed by atoms with Crippen LogP contribution in [0.25, 0.3) is 0 Å². The van der Waals surface area contributed by atoms with Gasteiger partial charge in [-0.1, -0.05) is 26.0 Å². The van der Waals surface area contributed by atoms with Gasteiger partial charge in [0.1, 0.15) is 6.04 Å². The molecule has 2 rings (SSSR count). The molecule has 122 valence electrons. The number of carbonyl (C=O) groups is 4. The minimum Gasteiger partial charge on any atom is -0.295 e. The van der Waals surface area contributed by atoms with Gasteiger partial charge in [0.05, 0.1) is 0 Å². The fourth-order valence-electron chi connectivity index (χ4n) is 2.58. The molecule has 0 spiro atoms. The molecule has 1 N–H and O–H groups in total. The van der Waals surface area contributed by atoms with E-state index in [-0.39, 0.29) is 24.7 Å². The number of benzene rings is 1. The number of carbonyl (C=O) groups excluding carboxylic acids is 4. The second kappa shape index (κ2) is 6.73. The SMILES string of the molecule is Cc1ccc(C(C)C)cc1C(=O)N(C=O)C1CCC(=O)NC1=O. The molecule has 0 saturated carbocycles. The van der Waals surface area contributed by atoms with Crippen LogP contribution in [-0.4, -0.2) is 35.1 Å². The molecule has 0 aliphatic carbocycles. The van der Waals surface area contributed by atoms with Crippen molar-refractivity contribution in [3.05, 3.63) is 34.9 Å². The third-order valence-electron chi connectivity index (χ3n) is 4.05. The number of rotatable bonds is 4. The highest BCUT2D eigenvalue weighted by molar-refractivity contribution is 6.07. The van der Waals surface area contributed by atoms with E-state index in [1.807, 2.05) is 26.0 Å². The van der Waals surface area contributed by atoms with Gasteiger partial charge in [0.15, 0.2) is 0 Å². The molecule has 0 aromatic heterocycles. The summed E-state index contributed by atoms with van der Waals surface area (Å²) in [7, 11) is 0. The number of nitrogens with one attached hydrogen (secondary N) is 1. The van der Waals surface area contributed by atoms with Crippen molar-refractivity contribution in [3.8, 4) is 0 Å². The van der Waals surface area contributed by atoms with Crippen LogP contribution >= 0.6 is 0 Å². The minimum absolute atomic E-state index is 0.110. The maximum Gasteiger partial charge on any atom is 0.261 e. The number of imide groups is 2. The summed E-state index contributed by atoms with van der Waals surface area (Å²) in [5, 5.41) is 2.16. The molecule has 1 heterocycles. The van der Waals surface area contributed by atoms with E-state index < -0.39 is 17.9 Å². The predicted octanol–water partition coefficient (Wildman–Crippen LogP) is 1.52. The van der Waals surface area contributed by atoms with Crippen molar-refractivity contribution in [2.75, 3.05) is 0 Å². The van der Waals surface area contributed by atoms with E-state index >= 15 is 0 Å². The monoisotopic (exact) mass is 316 g/mol. The minimum atomic E-state index is -0.945. The molecule has 0 radical (unpaired) electrons. The molecule has 1 atom stereocenters. The summed E-state index contributed by atoms with van der Waals surface area (Å²) in [5.41, 5.74) is 2.11. The Kier molecular flexibility index (Phi) is 4.93. The van der Waals surface area contributed by atoms with Crippen molar-refractivity contribution in [3.63, 3.8) is 0 Å². The molecule has 1 aromatic carbocycles. The molecule has 1 aromatic rings. The molecule has 1 aliphatic rings. The van der Waals surface area contributed by atoms with Gasteiger partial charge >= 0.3 is 0 Å². The second-order valence-corrected chi connectivity index (χ2v) is 6.01. The molecule has 1 fully saturated rings. The van der Waals surface area contributed by atoms with Gasteiger partial charge < -0.3 is 0 Å². The number of aryl methyl sites for hydroxylation is 1. The van der Waals surface area contributed by atoms with Crippen molar-refractivity contribution in [2.24, 2.45) is 0 Å². The van der Waals surface area contributed by atoms with E-state index in [1.165, 1.54) is 0 Å². The Hall–Kier alpha value is -2.50. The van der Waals surface area contributed by atoms with Crippen LogP contribution in [0.1, 0.15) is 54.1 Å². The zero-order valence-electron chi connectivity index (χ0n) is 13.5. The Bertz CT molecular complexity index is 667. The molecule has 23 heavy (non-hydrogen) atoms. The van der Waals surface area contributed by atoms with Gasteiger partial charge in [-0.3, -0.25) is 29.4 Å². The average Bonchev–Trinajstić information content (AvgIpc) is 2.50. The molecular weight excluding hydrogens is 296 g/mol. The van der Waals surface area contributed by atoms with Gasteiger partial charge in [-0.15, -0.1) is 0 Å². The summed E-state index contributed by atoms with van der Waals surface area (Å²) in [4.78, 5) is 48.2. The van der Waals surface area contributed by atoms with E-state index in [4.69, 9.17) is 0 Å². The first kappa shape index (κ1) is 16.9. The highest BCUT2D eigenvalue weighted by Gasteiger charge is 2.35. The molecule has 1 aliphatic heterocycles. The van der Waals surface area contributed by atoms with Crippen LogP contribution in [0, 0.1) is 6.92 Å². The van der Waals surface area contributed by atoms with Crippen molar-refractivity contribution in [1.29, 1.82) is 0 Å². The summed E-state index contributed by atoms with van der Waals surface area (Å²) in [5.74, 6) is -1.28. The molecule has 4 amide bonds. The molecule has 0 bridgehead atoms. The maximum atomic E-state index is 12.7. The largest absolute Gasteiger partial charge is 0.295 e. The molecular formula is C17H20N2O4. The van der Waals surface area contributed by atoms with E-state index in [0.717, 1.165) is 16.0 Å². The van der Waals surface area contributed by atoms with Crippen LogP contribution in [0.3, 0.4) is 0 Å². The van der Waals surface area contributed by atoms with Crippen LogP contribution in [0.15, 0.2) is 18.2 Å². The number of amides is 4. The topological polar surface area (TPSA) is 83.6 Å². The summed E-state index contributed by atoms with van der Waals surface area (Å²) in [6.07, 6.45) is 0.626. The van der Waals surface area contributed by atoms with Gasteiger partial charge in [0.2, 0.25) is 18.2 Å². The molecule has 6 heteroatoms. The fourth-order valence-corrected chi connectivity index (χ4v) is 2.58. The van der Waals surface area contributed by atoms with Gasteiger partial charge in [0, 0.05) is 12.0 Å². The lowest BCUT2D eigenvalue weighted by atomic mass is 9.96.